The van der Waals surface area contributed by atoms with Gasteiger partial charge in [0, 0.05) is 43.4 Å². The summed E-state index contributed by atoms with van der Waals surface area (Å²) in [5.41, 5.74) is 9.44. The predicted octanol–water partition coefficient (Wildman–Crippen LogP) is 3.00. The topological polar surface area (TPSA) is 124 Å². The molecule has 0 aliphatic carbocycles. The number of hydrogen-bond acceptors (Lipinski definition) is 7. The second kappa shape index (κ2) is 8.62. The summed E-state index contributed by atoms with van der Waals surface area (Å²) in [6.45, 7) is 1.56. The van der Waals surface area contributed by atoms with Gasteiger partial charge in [-0.3, -0.25) is 4.79 Å². The van der Waals surface area contributed by atoms with Gasteiger partial charge in [0.1, 0.15) is 6.61 Å². The molecule has 0 spiro atoms. The lowest BCUT2D eigenvalue weighted by atomic mass is 10.0. The van der Waals surface area contributed by atoms with Gasteiger partial charge >= 0.3 is 0 Å². The summed E-state index contributed by atoms with van der Waals surface area (Å²) in [4.78, 5) is 20.3. The standard InChI is InChI=1S/C23H24FN5O4/c1-31-21-14(24)3-2-4-16(21)29-19-17-15(6-9-27-23(17)30)28-18(19)13-5-8-26-22(25)20(13)33-11-12-7-10-32-12/h2-5,8,12,28-29H,6-7,9-11H2,1H3,(H2,25,26)(H,27,30)/t12-/m0/s1. The minimum atomic E-state index is -0.518. The van der Waals surface area contributed by atoms with Crippen molar-refractivity contribution >= 4 is 23.1 Å². The van der Waals surface area contributed by atoms with E-state index in [1.54, 1.807) is 24.4 Å². The van der Waals surface area contributed by atoms with Crippen LogP contribution in [0.15, 0.2) is 30.5 Å². The van der Waals surface area contributed by atoms with Gasteiger partial charge in [-0.15, -0.1) is 0 Å². The molecule has 172 valence electrons. The van der Waals surface area contributed by atoms with Crippen LogP contribution < -0.4 is 25.8 Å². The number of nitrogens with two attached hydrogens (primary N) is 1. The summed E-state index contributed by atoms with van der Waals surface area (Å²) >= 11 is 0. The number of hydrogen-bond donors (Lipinski definition) is 4. The molecule has 4 heterocycles. The minimum Gasteiger partial charge on any atom is -0.492 e. The number of pyridine rings is 1. The van der Waals surface area contributed by atoms with Gasteiger partial charge in [0.05, 0.1) is 35.8 Å². The number of aromatic nitrogens is 2. The summed E-state index contributed by atoms with van der Waals surface area (Å²) in [5, 5.41) is 6.07. The van der Waals surface area contributed by atoms with E-state index in [0.29, 0.717) is 60.1 Å². The van der Waals surface area contributed by atoms with Crippen molar-refractivity contribution in [3.8, 4) is 22.8 Å². The number of methoxy groups -OCH3 is 1. The Morgan fingerprint density at radius 3 is 2.94 bits per heavy atom. The molecule has 1 fully saturated rings. The zero-order valence-electron chi connectivity index (χ0n) is 18.0. The summed E-state index contributed by atoms with van der Waals surface area (Å²) in [6, 6.07) is 6.31. The van der Waals surface area contributed by atoms with E-state index in [-0.39, 0.29) is 23.6 Å². The van der Waals surface area contributed by atoms with Crippen LogP contribution in [0.4, 0.5) is 21.6 Å². The van der Waals surface area contributed by atoms with Crippen LogP contribution >= 0.6 is 0 Å². The summed E-state index contributed by atoms with van der Waals surface area (Å²) in [7, 11) is 1.39. The molecule has 2 aliphatic heterocycles. The third kappa shape index (κ3) is 3.82. The lowest BCUT2D eigenvalue weighted by molar-refractivity contribution is -0.0719. The third-order valence-electron chi connectivity index (χ3n) is 5.80. The number of rotatable bonds is 7. The Balaban J connectivity index is 1.63. The molecular formula is C23H24FN5O4. The number of benzene rings is 1. The minimum absolute atomic E-state index is 0.00855. The number of nitrogen functional groups attached to an aromatic ring is 1. The molecule has 3 aromatic rings. The maximum Gasteiger partial charge on any atom is 0.255 e. The second-order valence-corrected chi connectivity index (χ2v) is 7.85. The third-order valence-corrected chi connectivity index (χ3v) is 5.80. The SMILES string of the molecule is COc1c(F)cccc1Nc1c(-c2ccnc(N)c2OC[C@@H]2CCO2)[nH]c2c1C(=O)NCC2. The maximum atomic E-state index is 14.3. The highest BCUT2D eigenvalue weighted by atomic mass is 19.1. The Morgan fingerprint density at radius 1 is 1.33 bits per heavy atom. The zero-order chi connectivity index (χ0) is 22.9. The molecule has 9 nitrogen and oxygen atoms in total. The molecule has 0 bridgehead atoms. The van der Waals surface area contributed by atoms with Crippen molar-refractivity contribution in [2.24, 2.45) is 0 Å². The highest BCUT2D eigenvalue weighted by Gasteiger charge is 2.30. The fourth-order valence-electron chi connectivity index (χ4n) is 4.06. The number of para-hydroxylation sites is 1. The average Bonchev–Trinajstić information content (AvgIpc) is 3.13. The van der Waals surface area contributed by atoms with Gasteiger partial charge in [0.2, 0.25) is 0 Å². The molecule has 33 heavy (non-hydrogen) atoms. The van der Waals surface area contributed by atoms with Crippen LogP contribution in [-0.2, 0) is 11.2 Å². The Morgan fingerprint density at radius 2 is 2.18 bits per heavy atom. The van der Waals surface area contributed by atoms with Gasteiger partial charge in [-0.1, -0.05) is 6.07 Å². The van der Waals surface area contributed by atoms with Crippen LogP contribution in [0.25, 0.3) is 11.3 Å². The molecular weight excluding hydrogens is 429 g/mol. The molecule has 1 amide bonds. The van der Waals surface area contributed by atoms with Crippen molar-refractivity contribution in [3.05, 3.63) is 47.5 Å². The lowest BCUT2D eigenvalue weighted by Gasteiger charge is -2.26. The number of halogens is 1. The van der Waals surface area contributed by atoms with E-state index in [4.69, 9.17) is 19.9 Å². The van der Waals surface area contributed by atoms with Crippen molar-refractivity contribution in [3.63, 3.8) is 0 Å². The zero-order valence-corrected chi connectivity index (χ0v) is 18.0. The summed E-state index contributed by atoms with van der Waals surface area (Å²) in [6.07, 6.45) is 3.11. The number of anilines is 3. The number of H-pyrrole nitrogens is 1. The molecule has 10 heteroatoms. The van der Waals surface area contributed by atoms with Crippen molar-refractivity contribution < 1.29 is 23.4 Å². The number of nitrogens with zero attached hydrogens (tertiary/aromatic N) is 1. The van der Waals surface area contributed by atoms with E-state index >= 15 is 0 Å². The van der Waals surface area contributed by atoms with E-state index in [2.05, 4.69) is 20.6 Å². The van der Waals surface area contributed by atoms with Crippen LogP contribution in [0.5, 0.6) is 11.5 Å². The highest BCUT2D eigenvalue weighted by molar-refractivity contribution is 6.06. The van der Waals surface area contributed by atoms with Crippen LogP contribution in [0.1, 0.15) is 22.5 Å². The number of ether oxygens (including phenoxy) is 3. The van der Waals surface area contributed by atoms with E-state index in [9.17, 15) is 9.18 Å². The van der Waals surface area contributed by atoms with Gasteiger partial charge in [0.25, 0.3) is 5.91 Å². The second-order valence-electron chi connectivity index (χ2n) is 7.85. The highest BCUT2D eigenvalue weighted by Crippen LogP contribution is 2.43. The van der Waals surface area contributed by atoms with E-state index in [1.807, 2.05) is 0 Å². The number of carbonyl (C=O) groups excluding carboxylic acids is 1. The van der Waals surface area contributed by atoms with Gasteiger partial charge in [-0.05, 0) is 18.2 Å². The maximum absolute atomic E-state index is 14.3. The summed E-state index contributed by atoms with van der Waals surface area (Å²) in [5.74, 6) is -0.0959. The van der Waals surface area contributed by atoms with Crippen LogP contribution in [0.3, 0.4) is 0 Å². The monoisotopic (exact) mass is 453 g/mol. The van der Waals surface area contributed by atoms with E-state index in [0.717, 1.165) is 12.1 Å². The molecule has 0 unspecified atom stereocenters. The molecule has 1 atom stereocenters. The Bertz CT molecular complexity index is 1210. The molecule has 0 radical (unpaired) electrons. The number of fused-ring (bicyclic) bond motifs is 1. The number of amides is 1. The van der Waals surface area contributed by atoms with Crippen molar-refractivity contribution in [1.29, 1.82) is 0 Å². The van der Waals surface area contributed by atoms with Crippen LogP contribution in [0, 0.1) is 5.82 Å². The lowest BCUT2D eigenvalue weighted by Crippen LogP contribution is -2.32. The Hall–Kier alpha value is -3.79. The molecule has 5 N–H and O–H groups in total. The van der Waals surface area contributed by atoms with Gasteiger partial charge in [-0.2, -0.15) is 0 Å². The molecule has 0 saturated carbocycles. The average molecular weight is 453 g/mol. The molecule has 2 aliphatic rings. The first kappa shape index (κ1) is 21.1. The normalized spacial score (nSPS) is 17.0. The molecule has 2 aromatic heterocycles. The smallest absolute Gasteiger partial charge is 0.255 e. The van der Waals surface area contributed by atoms with Gasteiger partial charge < -0.3 is 35.6 Å². The van der Waals surface area contributed by atoms with E-state index < -0.39 is 5.82 Å². The quantitative estimate of drug-likeness (QED) is 0.434. The Labute approximate surface area is 189 Å². The van der Waals surface area contributed by atoms with Crippen LogP contribution in [-0.4, -0.2) is 48.8 Å². The van der Waals surface area contributed by atoms with E-state index in [1.165, 1.54) is 13.2 Å². The molecule has 1 saturated heterocycles. The largest absolute Gasteiger partial charge is 0.492 e. The molecule has 1 aromatic carbocycles. The number of aromatic amines is 1. The first-order valence-electron chi connectivity index (χ1n) is 10.7. The first-order valence-corrected chi connectivity index (χ1v) is 10.7. The fraction of sp³-hybridized carbons (Fsp3) is 0.304. The number of carbonyl (C=O) groups is 1. The van der Waals surface area contributed by atoms with Gasteiger partial charge in [-0.25, -0.2) is 9.37 Å². The van der Waals surface area contributed by atoms with Crippen molar-refractivity contribution in [1.82, 2.24) is 15.3 Å². The van der Waals surface area contributed by atoms with Crippen molar-refractivity contribution in [2.45, 2.75) is 18.9 Å². The Kier molecular flexibility index (Phi) is 5.51. The fourth-order valence-corrected chi connectivity index (χ4v) is 4.06. The van der Waals surface area contributed by atoms with Crippen LogP contribution in [0.2, 0.25) is 0 Å². The first-order chi connectivity index (χ1) is 16.1. The predicted molar refractivity (Wildman–Crippen MR) is 121 cm³/mol. The number of nitrogens with one attached hydrogen (secondary N) is 3. The van der Waals surface area contributed by atoms with Gasteiger partial charge in [0.15, 0.2) is 23.1 Å². The molecule has 5 rings (SSSR count). The summed E-state index contributed by atoms with van der Waals surface area (Å²) < 4.78 is 31.1. The van der Waals surface area contributed by atoms with Crippen molar-refractivity contribution in [2.75, 3.05) is 37.9 Å².